The first kappa shape index (κ1) is 24.2. The van der Waals surface area contributed by atoms with Gasteiger partial charge in [0.05, 0.1) is 22.4 Å². The summed E-state index contributed by atoms with van der Waals surface area (Å²) in [6.45, 7) is 9.50. The third-order valence-electron chi connectivity index (χ3n) is 3.09. The van der Waals surface area contributed by atoms with Crippen LogP contribution < -0.4 is 9.47 Å². The predicted octanol–water partition coefficient (Wildman–Crippen LogP) is 7.29. The molecule has 0 fully saturated rings. The van der Waals surface area contributed by atoms with Crippen molar-refractivity contribution in [1.82, 2.24) is 0 Å². The highest BCUT2D eigenvalue weighted by Gasteiger charge is 2.12. The highest BCUT2D eigenvalue weighted by atomic mass is 35.5. The quantitative estimate of drug-likeness (QED) is 0.211. The van der Waals surface area contributed by atoms with Crippen LogP contribution in [0.1, 0.15) is 40.5 Å². The number of oxime groups is 1. The zero-order valence-electron chi connectivity index (χ0n) is 16.0. The Morgan fingerprint density at radius 1 is 1.07 bits per heavy atom. The predicted molar refractivity (Wildman–Crippen MR) is 115 cm³/mol. The van der Waals surface area contributed by atoms with Crippen molar-refractivity contribution < 1.29 is 14.3 Å². The van der Waals surface area contributed by atoms with E-state index in [2.05, 4.69) is 25.9 Å². The summed E-state index contributed by atoms with van der Waals surface area (Å²) in [5, 5.41) is 4.83. The molecule has 0 aliphatic heterocycles. The fourth-order valence-corrected chi connectivity index (χ4v) is 2.91. The van der Waals surface area contributed by atoms with Gasteiger partial charge >= 0.3 is 0 Å². The summed E-state index contributed by atoms with van der Waals surface area (Å²) in [6.07, 6.45) is 3.05. The highest BCUT2D eigenvalue weighted by Crippen LogP contribution is 2.37. The van der Waals surface area contributed by atoms with Gasteiger partial charge in [-0.3, -0.25) is 0 Å². The van der Waals surface area contributed by atoms with Crippen molar-refractivity contribution in [3.8, 4) is 11.5 Å². The topological polar surface area (TPSA) is 40.0 Å². The average molecular weight is 457 g/mol. The maximum atomic E-state index is 6.21. The van der Waals surface area contributed by atoms with Crippen LogP contribution in [0.4, 0.5) is 0 Å². The van der Waals surface area contributed by atoms with E-state index < -0.39 is 0 Å². The van der Waals surface area contributed by atoms with E-state index in [1.807, 2.05) is 6.92 Å². The molecule has 0 aromatic heterocycles. The van der Waals surface area contributed by atoms with Crippen LogP contribution in [-0.2, 0) is 4.84 Å². The molecule has 4 nitrogen and oxygen atoms in total. The molecule has 0 aliphatic carbocycles. The zero-order chi connectivity index (χ0) is 20.4. The van der Waals surface area contributed by atoms with Crippen LogP contribution >= 0.6 is 46.4 Å². The van der Waals surface area contributed by atoms with Crippen molar-refractivity contribution in [1.29, 1.82) is 0 Å². The molecule has 0 bridgehead atoms. The first-order chi connectivity index (χ1) is 12.6. The van der Waals surface area contributed by atoms with E-state index in [4.69, 9.17) is 60.7 Å². The Labute approximate surface area is 181 Å². The molecule has 0 heterocycles. The lowest BCUT2D eigenvalue weighted by molar-refractivity contribution is 0.126. The summed E-state index contributed by atoms with van der Waals surface area (Å²) in [6, 6.07) is 3.24. The van der Waals surface area contributed by atoms with Gasteiger partial charge < -0.3 is 14.3 Å². The van der Waals surface area contributed by atoms with Crippen LogP contribution in [0.25, 0.3) is 0 Å². The first-order valence-corrected chi connectivity index (χ1v) is 10.0. The van der Waals surface area contributed by atoms with Gasteiger partial charge in [0.1, 0.15) is 23.5 Å². The number of ether oxygens (including phenoxy) is 2. The smallest absolute Gasteiger partial charge is 0.156 e. The second kappa shape index (κ2) is 11.9. The lowest BCUT2D eigenvalue weighted by Gasteiger charge is -2.17. The van der Waals surface area contributed by atoms with Crippen LogP contribution in [0.3, 0.4) is 0 Å². The molecule has 1 rings (SSSR count). The highest BCUT2D eigenvalue weighted by molar-refractivity contribution is 6.55. The van der Waals surface area contributed by atoms with Crippen LogP contribution in [0.15, 0.2) is 27.9 Å². The summed E-state index contributed by atoms with van der Waals surface area (Å²) in [4.78, 5) is 5.32. The van der Waals surface area contributed by atoms with Gasteiger partial charge in [-0.25, -0.2) is 0 Å². The molecule has 0 radical (unpaired) electrons. The van der Waals surface area contributed by atoms with E-state index in [-0.39, 0.29) is 16.5 Å². The van der Waals surface area contributed by atoms with Crippen molar-refractivity contribution in [3.05, 3.63) is 32.7 Å². The Kier molecular flexibility index (Phi) is 10.7. The summed E-state index contributed by atoms with van der Waals surface area (Å²) in [5.74, 6) is 0.902. The monoisotopic (exact) mass is 455 g/mol. The minimum absolute atomic E-state index is 0.132. The van der Waals surface area contributed by atoms with E-state index in [1.54, 1.807) is 12.1 Å². The molecular weight excluding hydrogens is 432 g/mol. The maximum absolute atomic E-state index is 6.21. The largest absolute Gasteiger partial charge is 0.490 e. The van der Waals surface area contributed by atoms with Gasteiger partial charge in [0.25, 0.3) is 0 Å². The van der Waals surface area contributed by atoms with E-state index in [9.17, 15) is 0 Å². The molecule has 0 saturated carbocycles. The molecule has 0 spiro atoms. The molecule has 1 aromatic rings. The average Bonchev–Trinajstić information content (AvgIpc) is 2.50. The van der Waals surface area contributed by atoms with Crippen LogP contribution in [-0.4, -0.2) is 25.5 Å². The van der Waals surface area contributed by atoms with Gasteiger partial charge in [0, 0.05) is 18.6 Å². The fraction of sp³-hybridized carbons (Fsp3) is 0.526. The standard InChI is InChI=1S/C19H25Cl4NO3/c1-13(12-19(2,3)4)24-27-8-5-7-26-18-15(20)10-14(11-16(18)21)25-9-6-17(22)23/h6,10-11H,5,7-9,12H2,1-4H3/b24-13+. The molecule has 0 atom stereocenters. The molecule has 152 valence electrons. The van der Waals surface area contributed by atoms with Crippen molar-refractivity contribution in [2.45, 2.75) is 40.5 Å². The fourth-order valence-electron chi connectivity index (χ4n) is 2.21. The second-order valence-electron chi connectivity index (χ2n) is 7.12. The van der Waals surface area contributed by atoms with Gasteiger partial charge in [0.15, 0.2) is 5.75 Å². The van der Waals surface area contributed by atoms with Crippen molar-refractivity contribution in [2.75, 3.05) is 19.8 Å². The summed E-state index contributed by atoms with van der Waals surface area (Å²) in [7, 11) is 0. The number of nitrogens with zero attached hydrogens (tertiary/aromatic N) is 1. The van der Waals surface area contributed by atoms with Gasteiger partial charge in [-0.1, -0.05) is 72.3 Å². The molecule has 0 unspecified atom stereocenters. The minimum Gasteiger partial charge on any atom is -0.490 e. The Bertz CT molecular complexity index is 642. The SMILES string of the molecule is C/C(CC(C)(C)C)=N\OCCCOc1c(Cl)cc(OCC=C(Cl)Cl)cc1Cl. The molecule has 0 saturated heterocycles. The summed E-state index contributed by atoms with van der Waals surface area (Å²) >= 11 is 23.5. The lowest BCUT2D eigenvalue weighted by atomic mass is 9.90. The zero-order valence-corrected chi connectivity index (χ0v) is 19.0. The van der Waals surface area contributed by atoms with E-state index >= 15 is 0 Å². The van der Waals surface area contributed by atoms with Crippen LogP contribution in [0.5, 0.6) is 11.5 Å². The summed E-state index contributed by atoms with van der Waals surface area (Å²) in [5.41, 5.74) is 1.16. The van der Waals surface area contributed by atoms with Gasteiger partial charge in [-0.15, -0.1) is 0 Å². The molecular formula is C19H25Cl4NO3. The Balaban J connectivity index is 2.42. The molecule has 0 amide bonds. The number of benzene rings is 1. The molecule has 1 aromatic carbocycles. The minimum atomic E-state index is 0.132. The molecule has 27 heavy (non-hydrogen) atoms. The molecule has 0 N–H and O–H groups in total. The van der Waals surface area contributed by atoms with Crippen molar-refractivity contribution >= 4 is 52.1 Å². The number of rotatable bonds is 10. The Hall–Kier alpha value is -0.810. The van der Waals surface area contributed by atoms with Gasteiger partial charge in [0.2, 0.25) is 0 Å². The van der Waals surface area contributed by atoms with E-state index in [0.717, 1.165) is 12.1 Å². The third kappa shape index (κ3) is 10.9. The van der Waals surface area contributed by atoms with Crippen molar-refractivity contribution in [2.24, 2.45) is 10.6 Å². The van der Waals surface area contributed by atoms with Gasteiger partial charge in [-0.2, -0.15) is 0 Å². The van der Waals surface area contributed by atoms with Crippen LogP contribution in [0, 0.1) is 5.41 Å². The molecule has 8 heteroatoms. The third-order valence-corrected chi connectivity index (χ3v) is 3.96. The van der Waals surface area contributed by atoms with Crippen LogP contribution in [0.2, 0.25) is 10.0 Å². The number of halogens is 4. The molecule has 0 aliphatic rings. The van der Waals surface area contributed by atoms with Gasteiger partial charge in [-0.05, 0) is 24.8 Å². The number of hydrogen-bond donors (Lipinski definition) is 0. The van der Waals surface area contributed by atoms with E-state index in [1.165, 1.54) is 6.08 Å². The Morgan fingerprint density at radius 2 is 1.70 bits per heavy atom. The Morgan fingerprint density at radius 3 is 2.26 bits per heavy atom. The maximum Gasteiger partial charge on any atom is 0.156 e. The first-order valence-electron chi connectivity index (χ1n) is 8.50. The lowest BCUT2D eigenvalue weighted by Crippen LogP contribution is -2.11. The number of hydrogen-bond acceptors (Lipinski definition) is 4. The summed E-state index contributed by atoms with van der Waals surface area (Å²) < 4.78 is 11.2. The normalized spacial score (nSPS) is 11.9. The second-order valence-corrected chi connectivity index (χ2v) is 8.94. The van der Waals surface area contributed by atoms with Crippen molar-refractivity contribution in [3.63, 3.8) is 0 Å². The van der Waals surface area contributed by atoms with E-state index in [0.29, 0.717) is 41.2 Å².